The van der Waals surface area contributed by atoms with Crippen LogP contribution in [0, 0.1) is 12.3 Å². The first kappa shape index (κ1) is 13.7. The van der Waals surface area contributed by atoms with Crippen LogP contribution in [0.1, 0.15) is 11.6 Å². The monoisotopic (exact) mass is 277 g/mol. The molecule has 1 aliphatic heterocycles. The summed E-state index contributed by atoms with van der Waals surface area (Å²) in [5.74, 6) is 3.10. The summed E-state index contributed by atoms with van der Waals surface area (Å²) < 4.78 is 5.27. The van der Waals surface area contributed by atoms with E-state index in [1.165, 1.54) is 0 Å². The molecule has 5 heteroatoms. The molecule has 1 unspecified atom stereocenters. The number of ether oxygens (including phenoxy) is 1. The van der Waals surface area contributed by atoms with E-state index in [4.69, 9.17) is 28.5 Å². The lowest BCUT2D eigenvalue weighted by Gasteiger charge is -2.28. The van der Waals surface area contributed by atoms with Gasteiger partial charge in [0.15, 0.2) is 5.96 Å². The number of aliphatic imine (C=N–C) groups is 1. The van der Waals surface area contributed by atoms with Crippen LogP contribution in [0.3, 0.4) is 0 Å². The Balaban J connectivity index is 2.13. The molecule has 1 aliphatic rings. The molecule has 0 bridgehead atoms. The number of benzene rings is 1. The lowest BCUT2D eigenvalue weighted by atomic mass is 10.1. The Morgan fingerprint density at radius 1 is 1.37 bits per heavy atom. The Bertz CT molecular complexity index is 486. The van der Waals surface area contributed by atoms with Gasteiger partial charge in [-0.3, -0.25) is 0 Å². The van der Waals surface area contributed by atoms with E-state index in [0.29, 0.717) is 24.2 Å². The van der Waals surface area contributed by atoms with Crippen LogP contribution in [0.15, 0.2) is 29.3 Å². The zero-order chi connectivity index (χ0) is 13.7. The summed E-state index contributed by atoms with van der Waals surface area (Å²) in [4.78, 5) is 6.38. The molecule has 0 radical (unpaired) electrons. The van der Waals surface area contributed by atoms with E-state index >= 15 is 0 Å². The Hall–Kier alpha value is -1.70. The second kappa shape index (κ2) is 6.46. The van der Waals surface area contributed by atoms with Gasteiger partial charge in [0.25, 0.3) is 0 Å². The summed E-state index contributed by atoms with van der Waals surface area (Å²) in [5.41, 5.74) is 6.90. The van der Waals surface area contributed by atoms with E-state index in [1.807, 2.05) is 17.0 Å². The van der Waals surface area contributed by atoms with E-state index in [-0.39, 0.29) is 6.04 Å². The summed E-state index contributed by atoms with van der Waals surface area (Å²) in [6, 6.07) is 6.93. The smallest absolute Gasteiger partial charge is 0.193 e. The van der Waals surface area contributed by atoms with Crippen LogP contribution in [0.2, 0.25) is 5.02 Å². The average molecular weight is 278 g/mol. The van der Waals surface area contributed by atoms with Gasteiger partial charge in [0, 0.05) is 18.1 Å². The molecule has 0 saturated carbocycles. The zero-order valence-electron chi connectivity index (χ0n) is 10.6. The minimum atomic E-state index is -0.389. The van der Waals surface area contributed by atoms with Gasteiger partial charge < -0.3 is 15.4 Å². The van der Waals surface area contributed by atoms with E-state index in [2.05, 4.69) is 10.9 Å². The van der Waals surface area contributed by atoms with Crippen molar-refractivity contribution in [2.24, 2.45) is 10.7 Å². The van der Waals surface area contributed by atoms with Crippen molar-refractivity contribution in [3.63, 3.8) is 0 Å². The van der Waals surface area contributed by atoms with Gasteiger partial charge in [-0.15, -0.1) is 6.42 Å². The maximum absolute atomic E-state index is 5.99. The predicted molar refractivity (Wildman–Crippen MR) is 77.0 cm³/mol. The third-order valence-electron chi connectivity index (χ3n) is 2.94. The van der Waals surface area contributed by atoms with Crippen LogP contribution < -0.4 is 5.73 Å². The summed E-state index contributed by atoms with van der Waals surface area (Å²) >= 11 is 5.85. The van der Waals surface area contributed by atoms with Crippen molar-refractivity contribution >= 4 is 17.6 Å². The molecule has 0 aliphatic carbocycles. The third-order valence-corrected chi connectivity index (χ3v) is 3.19. The normalized spacial score (nSPS) is 17.9. The Morgan fingerprint density at radius 3 is 2.58 bits per heavy atom. The average Bonchev–Trinajstić information content (AvgIpc) is 2.46. The van der Waals surface area contributed by atoms with Crippen LogP contribution in [0.4, 0.5) is 0 Å². The van der Waals surface area contributed by atoms with Crippen molar-refractivity contribution in [1.82, 2.24) is 4.90 Å². The summed E-state index contributed by atoms with van der Waals surface area (Å²) in [6.07, 6.45) is 5.53. The van der Waals surface area contributed by atoms with E-state index in [0.717, 1.165) is 18.7 Å². The minimum absolute atomic E-state index is 0.389. The maximum Gasteiger partial charge on any atom is 0.193 e. The Morgan fingerprint density at radius 2 is 2.00 bits per heavy atom. The lowest BCUT2D eigenvalue weighted by Crippen LogP contribution is -2.45. The van der Waals surface area contributed by atoms with Crippen molar-refractivity contribution in [1.29, 1.82) is 0 Å². The molecule has 1 aromatic carbocycles. The number of hydrogen-bond acceptors (Lipinski definition) is 2. The maximum atomic E-state index is 5.99. The highest BCUT2D eigenvalue weighted by Gasteiger charge is 2.14. The lowest BCUT2D eigenvalue weighted by molar-refractivity contribution is 0.0673. The van der Waals surface area contributed by atoms with Crippen LogP contribution >= 0.6 is 11.6 Å². The third kappa shape index (κ3) is 3.63. The molecule has 1 heterocycles. The van der Waals surface area contributed by atoms with Gasteiger partial charge in [0.1, 0.15) is 6.04 Å². The molecule has 0 aromatic heterocycles. The predicted octanol–water partition coefficient (Wildman–Crippen LogP) is 1.66. The molecular formula is C14H16ClN3O. The number of morpholine rings is 1. The molecular weight excluding hydrogens is 262 g/mol. The van der Waals surface area contributed by atoms with Crippen LogP contribution in [-0.2, 0) is 4.74 Å². The summed E-state index contributed by atoms with van der Waals surface area (Å²) in [7, 11) is 0. The molecule has 1 aromatic rings. The first-order valence-electron chi connectivity index (χ1n) is 6.08. The first-order chi connectivity index (χ1) is 9.20. The largest absolute Gasteiger partial charge is 0.378 e. The molecule has 1 saturated heterocycles. The van der Waals surface area contributed by atoms with Crippen LogP contribution in [0.5, 0.6) is 0 Å². The number of hydrogen-bond donors (Lipinski definition) is 1. The molecule has 0 amide bonds. The van der Waals surface area contributed by atoms with Gasteiger partial charge in [-0.25, -0.2) is 4.99 Å². The number of terminal acetylenes is 1. The standard InChI is InChI=1S/C14H16ClN3O/c1-2-13(11-3-5-12(15)6-4-11)17-14(16)18-7-9-19-10-8-18/h1,3-6,13H,7-10H2,(H2,16,17). The van der Waals surface area contributed by atoms with Crippen molar-refractivity contribution < 1.29 is 4.74 Å². The van der Waals surface area contributed by atoms with E-state index in [1.54, 1.807) is 12.1 Å². The summed E-state index contributed by atoms with van der Waals surface area (Å²) in [5, 5.41) is 0.671. The van der Waals surface area contributed by atoms with Crippen molar-refractivity contribution in [3.05, 3.63) is 34.9 Å². The van der Waals surface area contributed by atoms with Crippen molar-refractivity contribution in [2.75, 3.05) is 26.3 Å². The number of rotatable bonds is 2. The van der Waals surface area contributed by atoms with Gasteiger partial charge >= 0.3 is 0 Å². The number of nitrogens with zero attached hydrogens (tertiary/aromatic N) is 2. The molecule has 1 fully saturated rings. The molecule has 2 rings (SSSR count). The number of nitrogens with two attached hydrogens (primary N) is 1. The van der Waals surface area contributed by atoms with Crippen LogP contribution in [-0.4, -0.2) is 37.2 Å². The van der Waals surface area contributed by atoms with Gasteiger partial charge in [0.2, 0.25) is 0 Å². The topological polar surface area (TPSA) is 50.8 Å². The molecule has 1 atom stereocenters. The van der Waals surface area contributed by atoms with Gasteiger partial charge in [-0.1, -0.05) is 29.7 Å². The fourth-order valence-corrected chi connectivity index (χ4v) is 1.99. The van der Waals surface area contributed by atoms with Crippen LogP contribution in [0.25, 0.3) is 0 Å². The second-order valence-corrected chi connectivity index (χ2v) is 4.64. The van der Waals surface area contributed by atoms with Crippen molar-refractivity contribution in [3.8, 4) is 12.3 Å². The van der Waals surface area contributed by atoms with E-state index < -0.39 is 0 Å². The van der Waals surface area contributed by atoms with Crippen molar-refractivity contribution in [2.45, 2.75) is 6.04 Å². The van der Waals surface area contributed by atoms with Gasteiger partial charge in [-0.05, 0) is 17.7 Å². The fraction of sp³-hybridized carbons (Fsp3) is 0.357. The van der Waals surface area contributed by atoms with Gasteiger partial charge in [0.05, 0.1) is 13.2 Å². The number of guanidine groups is 1. The van der Waals surface area contributed by atoms with E-state index in [9.17, 15) is 0 Å². The molecule has 19 heavy (non-hydrogen) atoms. The fourth-order valence-electron chi connectivity index (χ4n) is 1.86. The highest BCUT2D eigenvalue weighted by atomic mass is 35.5. The molecule has 100 valence electrons. The Kier molecular flexibility index (Phi) is 4.67. The summed E-state index contributed by atoms with van der Waals surface area (Å²) in [6.45, 7) is 2.82. The first-order valence-corrected chi connectivity index (χ1v) is 6.46. The second-order valence-electron chi connectivity index (χ2n) is 4.21. The number of halogens is 1. The quantitative estimate of drug-likeness (QED) is 0.508. The SMILES string of the molecule is C#CC(N=C(N)N1CCOCC1)c1ccc(Cl)cc1. The van der Waals surface area contributed by atoms with Gasteiger partial charge in [-0.2, -0.15) is 0 Å². The zero-order valence-corrected chi connectivity index (χ0v) is 11.3. The minimum Gasteiger partial charge on any atom is -0.378 e. The highest BCUT2D eigenvalue weighted by molar-refractivity contribution is 6.30. The molecule has 2 N–H and O–H groups in total. The molecule has 0 spiro atoms. The molecule has 4 nitrogen and oxygen atoms in total. The highest BCUT2D eigenvalue weighted by Crippen LogP contribution is 2.19. The Labute approximate surface area is 118 Å².